The molecule has 0 unspecified atom stereocenters. The number of anilines is 2. The fourth-order valence-electron chi connectivity index (χ4n) is 2.57. The van der Waals surface area contributed by atoms with E-state index in [0.29, 0.717) is 21.7 Å². The van der Waals surface area contributed by atoms with Crippen LogP contribution in [0, 0.1) is 6.92 Å². The molecule has 0 aliphatic heterocycles. The second kappa shape index (κ2) is 8.76. The highest BCUT2D eigenvalue weighted by molar-refractivity contribution is 9.10. The highest BCUT2D eigenvalue weighted by atomic mass is 79.9. The maximum atomic E-state index is 13.0. The summed E-state index contributed by atoms with van der Waals surface area (Å²) in [7, 11) is -1.17. The number of halogens is 1. The third-order valence-electron chi connectivity index (χ3n) is 3.98. The van der Waals surface area contributed by atoms with E-state index in [1.54, 1.807) is 25.1 Å². The molecule has 0 bridgehead atoms. The lowest BCUT2D eigenvalue weighted by Gasteiger charge is -2.14. The lowest BCUT2D eigenvalue weighted by Crippen LogP contribution is -2.16. The van der Waals surface area contributed by atoms with E-state index in [1.807, 2.05) is 0 Å². The van der Waals surface area contributed by atoms with Crippen molar-refractivity contribution >= 4 is 43.2 Å². The maximum absolute atomic E-state index is 13.0. The number of aryl methyl sites for hydroxylation is 1. The van der Waals surface area contributed by atoms with E-state index in [4.69, 9.17) is 14.0 Å². The lowest BCUT2D eigenvalue weighted by atomic mass is 10.3. The van der Waals surface area contributed by atoms with Gasteiger partial charge in [-0.15, -0.1) is 0 Å². The fourth-order valence-corrected chi connectivity index (χ4v) is 4.36. The minimum absolute atomic E-state index is 0.0777. The topological polar surface area (TPSA) is 120 Å². The molecule has 0 spiro atoms. The number of carbonyl (C=O) groups is 1. The van der Waals surface area contributed by atoms with Gasteiger partial charge in [-0.2, -0.15) is 0 Å². The molecule has 1 heterocycles. The average molecular weight is 496 g/mol. The molecule has 0 radical (unpaired) electrons. The summed E-state index contributed by atoms with van der Waals surface area (Å²) in [5.41, 5.74) is 0.643. The number of nitrogens with zero attached hydrogens (tertiary/aromatic N) is 1. The number of benzene rings is 2. The molecular weight excluding hydrogens is 478 g/mol. The zero-order valence-corrected chi connectivity index (χ0v) is 18.6. The number of methoxy groups -OCH3 is 2. The average Bonchev–Trinajstić information content (AvgIpc) is 3.14. The van der Waals surface area contributed by atoms with Crippen molar-refractivity contribution in [2.24, 2.45) is 0 Å². The van der Waals surface area contributed by atoms with Gasteiger partial charge in [0.1, 0.15) is 22.2 Å². The van der Waals surface area contributed by atoms with Crippen molar-refractivity contribution in [2.75, 3.05) is 24.3 Å². The Morgan fingerprint density at radius 3 is 2.30 bits per heavy atom. The molecule has 11 heteroatoms. The van der Waals surface area contributed by atoms with E-state index in [1.165, 1.54) is 38.5 Å². The molecule has 158 valence electrons. The number of hydrogen-bond donors (Lipinski definition) is 2. The number of amides is 1. The number of sulfonamides is 1. The van der Waals surface area contributed by atoms with Gasteiger partial charge < -0.3 is 19.3 Å². The molecule has 0 aliphatic carbocycles. The maximum Gasteiger partial charge on any atom is 0.277 e. The van der Waals surface area contributed by atoms with Crippen LogP contribution in [0.4, 0.5) is 11.4 Å². The predicted octanol–water partition coefficient (Wildman–Crippen LogP) is 3.82. The van der Waals surface area contributed by atoms with E-state index in [2.05, 4.69) is 31.1 Å². The Morgan fingerprint density at radius 2 is 1.70 bits per heavy atom. The van der Waals surface area contributed by atoms with Gasteiger partial charge in [0.2, 0.25) is 0 Å². The highest BCUT2D eigenvalue weighted by Crippen LogP contribution is 2.32. The van der Waals surface area contributed by atoms with Crippen LogP contribution in [0.3, 0.4) is 0 Å². The van der Waals surface area contributed by atoms with Crippen LogP contribution in [0.2, 0.25) is 0 Å². The monoisotopic (exact) mass is 495 g/mol. The van der Waals surface area contributed by atoms with Gasteiger partial charge in [-0.25, -0.2) is 8.42 Å². The number of nitrogens with one attached hydrogen (secondary N) is 2. The highest BCUT2D eigenvalue weighted by Gasteiger charge is 2.22. The van der Waals surface area contributed by atoms with E-state index in [0.717, 1.165) is 0 Å². The van der Waals surface area contributed by atoms with Gasteiger partial charge in [-0.1, -0.05) is 5.16 Å². The van der Waals surface area contributed by atoms with Gasteiger partial charge >= 0.3 is 0 Å². The quantitative estimate of drug-likeness (QED) is 0.511. The second-order valence-corrected chi connectivity index (χ2v) is 8.60. The van der Waals surface area contributed by atoms with E-state index >= 15 is 0 Å². The van der Waals surface area contributed by atoms with Gasteiger partial charge in [-0.05, 0) is 59.3 Å². The predicted molar refractivity (Wildman–Crippen MR) is 114 cm³/mol. The summed E-state index contributed by atoms with van der Waals surface area (Å²) in [6.45, 7) is 1.66. The van der Waals surface area contributed by atoms with Crippen LogP contribution in [-0.4, -0.2) is 33.7 Å². The molecule has 2 N–H and O–H groups in total. The molecule has 30 heavy (non-hydrogen) atoms. The van der Waals surface area contributed by atoms with Gasteiger partial charge in [0.05, 0.1) is 24.4 Å². The van der Waals surface area contributed by atoms with Gasteiger partial charge in [-0.3, -0.25) is 9.52 Å². The van der Waals surface area contributed by atoms with Crippen molar-refractivity contribution in [1.82, 2.24) is 5.16 Å². The van der Waals surface area contributed by atoms with Crippen molar-refractivity contribution in [2.45, 2.75) is 11.8 Å². The standard InChI is InChI=1S/C19H18BrN3O6S/c1-11-8-15(22-29-11)19(24)21-12-4-7-17(28-3)18(10-12)30(25,26)23-13-5-6-16(27-2)14(20)9-13/h4-10,23H,1-3H3,(H,21,24). The molecule has 0 atom stereocenters. The van der Waals surface area contributed by atoms with Crippen LogP contribution in [0.15, 0.2) is 56.4 Å². The van der Waals surface area contributed by atoms with Crippen LogP contribution in [0.5, 0.6) is 11.5 Å². The Bertz CT molecular complexity index is 1190. The summed E-state index contributed by atoms with van der Waals surface area (Å²) < 4.78 is 44.2. The van der Waals surface area contributed by atoms with Crippen LogP contribution in [0.1, 0.15) is 16.2 Å². The summed E-state index contributed by atoms with van der Waals surface area (Å²) in [6, 6.07) is 10.5. The number of carbonyl (C=O) groups excluding carboxylic acids is 1. The molecule has 0 saturated carbocycles. The lowest BCUT2D eigenvalue weighted by molar-refractivity contribution is 0.101. The zero-order chi connectivity index (χ0) is 21.9. The number of ether oxygens (including phenoxy) is 2. The molecule has 0 aliphatic rings. The summed E-state index contributed by atoms with van der Waals surface area (Å²) in [5.74, 6) is 0.620. The zero-order valence-electron chi connectivity index (χ0n) is 16.2. The first kappa shape index (κ1) is 21.7. The Hall–Kier alpha value is -3.05. The Balaban J connectivity index is 1.90. The summed E-state index contributed by atoms with van der Waals surface area (Å²) in [4.78, 5) is 12.1. The molecule has 3 aromatic rings. The van der Waals surface area contributed by atoms with E-state index in [9.17, 15) is 13.2 Å². The molecule has 2 aromatic carbocycles. The van der Waals surface area contributed by atoms with Crippen molar-refractivity contribution in [3.05, 3.63) is 58.4 Å². The van der Waals surface area contributed by atoms with Gasteiger partial charge in [0.15, 0.2) is 5.69 Å². The number of aromatic nitrogens is 1. The molecule has 0 saturated heterocycles. The number of hydrogen-bond acceptors (Lipinski definition) is 7. The van der Waals surface area contributed by atoms with Crippen molar-refractivity contribution < 1.29 is 27.2 Å². The molecular formula is C19H18BrN3O6S. The first-order chi connectivity index (χ1) is 14.2. The van der Waals surface area contributed by atoms with Crippen LogP contribution in [-0.2, 0) is 10.0 Å². The van der Waals surface area contributed by atoms with Crippen LogP contribution < -0.4 is 19.5 Å². The number of rotatable bonds is 7. The summed E-state index contributed by atoms with van der Waals surface area (Å²) in [6.07, 6.45) is 0. The Labute approximate surface area is 181 Å². The molecule has 3 rings (SSSR count). The minimum atomic E-state index is -4.03. The van der Waals surface area contributed by atoms with Crippen LogP contribution in [0.25, 0.3) is 0 Å². The largest absolute Gasteiger partial charge is 0.496 e. The summed E-state index contributed by atoms with van der Waals surface area (Å²) >= 11 is 3.32. The van der Waals surface area contributed by atoms with E-state index < -0.39 is 15.9 Å². The molecule has 0 fully saturated rings. The summed E-state index contributed by atoms with van der Waals surface area (Å²) in [5, 5.41) is 6.23. The second-order valence-electron chi connectivity index (χ2n) is 6.10. The van der Waals surface area contributed by atoms with Crippen molar-refractivity contribution in [3.63, 3.8) is 0 Å². The fraction of sp³-hybridized carbons (Fsp3) is 0.158. The smallest absolute Gasteiger partial charge is 0.277 e. The molecule has 1 amide bonds. The van der Waals surface area contributed by atoms with E-state index in [-0.39, 0.29) is 22.0 Å². The van der Waals surface area contributed by atoms with Gasteiger partial charge in [0.25, 0.3) is 15.9 Å². The first-order valence-electron chi connectivity index (χ1n) is 8.52. The Kier molecular flexibility index (Phi) is 6.32. The van der Waals surface area contributed by atoms with Gasteiger partial charge in [0, 0.05) is 11.8 Å². The molecule has 1 aromatic heterocycles. The third kappa shape index (κ3) is 4.74. The SMILES string of the molecule is COc1ccc(NS(=O)(=O)c2cc(NC(=O)c3cc(C)on3)ccc2OC)cc1Br. The van der Waals surface area contributed by atoms with Crippen LogP contribution >= 0.6 is 15.9 Å². The minimum Gasteiger partial charge on any atom is -0.496 e. The van der Waals surface area contributed by atoms with Crippen molar-refractivity contribution in [3.8, 4) is 11.5 Å². The first-order valence-corrected chi connectivity index (χ1v) is 10.8. The third-order valence-corrected chi connectivity index (χ3v) is 6.00. The Morgan fingerprint density at radius 1 is 1.03 bits per heavy atom. The normalized spacial score (nSPS) is 11.1. The van der Waals surface area contributed by atoms with Crippen molar-refractivity contribution in [1.29, 1.82) is 0 Å². The molecule has 9 nitrogen and oxygen atoms in total.